The molecule has 0 bridgehead atoms. The average molecular weight is 344 g/mol. The van der Waals surface area contributed by atoms with E-state index >= 15 is 0 Å². The first-order chi connectivity index (χ1) is 11.5. The van der Waals surface area contributed by atoms with Crippen molar-refractivity contribution >= 4 is 23.2 Å². The molecule has 0 saturated carbocycles. The number of carbonyl (C=O) groups excluding carboxylic acids is 1. The molecule has 0 aliphatic carbocycles. The number of ether oxygens (including phenoxy) is 1. The second-order valence-corrected chi connectivity index (χ2v) is 6.76. The Bertz CT molecular complexity index is 755. The molecular formula is C20H22ClNO2. The molecule has 0 aromatic heterocycles. The Kier molecular flexibility index (Phi) is 4.81. The lowest BCUT2D eigenvalue weighted by Gasteiger charge is -2.33. The lowest BCUT2D eigenvalue weighted by Crippen LogP contribution is -2.38. The van der Waals surface area contributed by atoms with Gasteiger partial charge in [0.1, 0.15) is 5.75 Å². The van der Waals surface area contributed by atoms with E-state index in [-0.39, 0.29) is 11.8 Å². The number of methoxy groups -OCH3 is 1. The predicted molar refractivity (Wildman–Crippen MR) is 98.3 cm³/mol. The number of amides is 1. The van der Waals surface area contributed by atoms with E-state index in [0.717, 1.165) is 47.0 Å². The summed E-state index contributed by atoms with van der Waals surface area (Å²) in [5.74, 6) is 0.732. The molecule has 3 rings (SSSR count). The highest BCUT2D eigenvalue weighted by atomic mass is 35.5. The van der Waals surface area contributed by atoms with Gasteiger partial charge in [-0.3, -0.25) is 4.79 Å². The highest BCUT2D eigenvalue weighted by molar-refractivity contribution is 6.30. The summed E-state index contributed by atoms with van der Waals surface area (Å²) in [6.07, 6.45) is 1.94. The second-order valence-electron chi connectivity index (χ2n) is 6.32. The smallest absolute Gasteiger partial charge is 0.234 e. The van der Waals surface area contributed by atoms with Gasteiger partial charge in [-0.2, -0.15) is 0 Å². The summed E-state index contributed by atoms with van der Waals surface area (Å²) < 4.78 is 5.19. The zero-order valence-electron chi connectivity index (χ0n) is 14.3. The molecule has 0 spiro atoms. The van der Waals surface area contributed by atoms with Crippen LogP contribution in [0.1, 0.15) is 36.0 Å². The molecule has 3 nitrogen and oxygen atoms in total. The predicted octanol–water partition coefficient (Wildman–Crippen LogP) is 4.74. The zero-order valence-corrected chi connectivity index (χ0v) is 15.1. The molecule has 2 aromatic rings. The van der Waals surface area contributed by atoms with Crippen LogP contribution in [0.2, 0.25) is 5.02 Å². The molecule has 1 atom stereocenters. The molecule has 1 heterocycles. The molecule has 0 saturated heterocycles. The molecule has 24 heavy (non-hydrogen) atoms. The molecule has 1 unspecified atom stereocenters. The number of carbonyl (C=O) groups is 1. The van der Waals surface area contributed by atoms with Crippen molar-refractivity contribution in [1.82, 2.24) is 0 Å². The lowest BCUT2D eigenvalue weighted by atomic mass is 9.94. The van der Waals surface area contributed by atoms with E-state index < -0.39 is 0 Å². The molecule has 1 aliphatic heterocycles. The fraction of sp³-hybridized carbons (Fsp3) is 0.350. The number of benzene rings is 2. The number of rotatable bonds is 3. The van der Waals surface area contributed by atoms with Crippen LogP contribution >= 0.6 is 11.6 Å². The Balaban J connectivity index is 1.91. The summed E-state index contributed by atoms with van der Waals surface area (Å²) in [5.41, 5.74) is 4.27. The number of hydrogen-bond acceptors (Lipinski definition) is 2. The minimum absolute atomic E-state index is 0.131. The van der Waals surface area contributed by atoms with E-state index in [9.17, 15) is 4.79 Å². The maximum absolute atomic E-state index is 13.1. The monoisotopic (exact) mass is 343 g/mol. The van der Waals surface area contributed by atoms with Crippen LogP contribution in [0.5, 0.6) is 5.75 Å². The van der Waals surface area contributed by atoms with E-state index in [4.69, 9.17) is 16.3 Å². The van der Waals surface area contributed by atoms with Crippen molar-refractivity contribution in [2.24, 2.45) is 0 Å². The highest BCUT2D eigenvalue weighted by Crippen LogP contribution is 2.35. The maximum atomic E-state index is 13.1. The lowest BCUT2D eigenvalue weighted by molar-refractivity contribution is -0.119. The van der Waals surface area contributed by atoms with Crippen molar-refractivity contribution in [3.05, 3.63) is 58.1 Å². The van der Waals surface area contributed by atoms with Gasteiger partial charge in [0, 0.05) is 17.3 Å². The number of anilines is 1. The van der Waals surface area contributed by atoms with E-state index in [1.54, 1.807) is 7.11 Å². The minimum atomic E-state index is -0.197. The van der Waals surface area contributed by atoms with E-state index in [1.165, 1.54) is 5.56 Å². The number of nitrogens with zero attached hydrogens (tertiary/aromatic N) is 1. The number of hydrogen-bond donors (Lipinski definition) is 0. The van der Waals surface area contributed by atoms with Crippen molar-refractivity contribution in [2.75, 3.05) is 18.6 Å². The maximum Gasteiger partial charge on any atom is 0.234 e. The average Bonchev–Trinajstić information content (AvgIpc) is 2.59. The van der Waals surface area contributed by atoms with Gasteiger partial charge in [-0.1, -0.05) is 23.7 Å². The van der Waals surface area contributed by atoms with Gasteiger partial charge < -0.3 is 9.64 Å². The molecule has 126 valence electrons. The molecule has 1 aliphatic rings. The van der Waals surface area contributed by atoms with Crippen LogP contribution in [0.15, 0.2) is 36.4 Å². The van der Waals surface area contributed by atoms with Crippen molar-refractivity contribution in [2.45, 2.75) is 32.6 Å². The normalized spacial score (nSPS) is 14.9. The fourth-order valence-electron chi connectivity index (χ4n) is 3.41. The number of halogens is 1. The largest absolute Gasteiger partial charge is 0.497 e. The van der Waals surface area contributed by atoms with Crippen molar-refractivity contribution in [1.29, 1.82) is 0 Å². The second kappa shape index (κ2) is 6.86. The Morgan fingerprint density at radius 2 is 1.96 bits per heavy atom. The van der Waals surface area contributed by atoms with Gasteiger partial charge >= 0.3 is 0 Å². The molecule has 0 radical (unpaired) electrons. The molecule has 2 aromatic carbocycles. The number of fused-ring (bicyclic) bond motifs is 1. The Labute approximate surface area is 148 Å². The van der Waals surface area contributed by atoms with Gasteiger partial charge in [-0.05, 0) is 67.6 Å². The Hall–Kier alpha value is -2.00. The van der Waals surface area contributed by atoms with E-state index in [0.29, 0.717) is 0 Å². The van der Waals surface area contributed by atoms with Crippen LogP contribution < -0.4 is 9.64 Å². The molecule has 0 N–H and O–H groups in total. The summed E-state index contributed by atoms with van der Waals surface area (Å²) in [6.45, 7) is 4.74. The van der Waals surface area contributed by atoms with Gasteiger partial charge in [0.15, 0.2) is 0 Å². The van der Waals surface area contributed by atoms with Gasteiger partial charge in [0.2, 0.25) is 5.91 Å². The van der Waals surface area contributed by atoms with Gasteiger partial charge in [0.25, 0.3) is 0 Å². The van der Waals surface area contributed by atoms with Gasteiger partial charge in [-0.25, -0.2) is 0 Å². The minimum Gasteiger partial charge on any atom is -0.497 e. The quantitative estimate of drug-likeness (QED) is 0.805. The molecule has 0 fully saturated rings. The Morgan fingerprint density at radius 1 is 1.25 bits per heavy atom. The third kappa shape index (κ3) is 3.13. The fourth-order valence-corrected chi connectivity index (χ4v) is 3.71. The van der Waals surface area contributed by atoms with Crippen molar-refractivity contribution in [3.63, 3.8) is 0 Å². The molecule has 1 amide bonds. The summed E-state index contributed by atoms with van der Waals surface area (Å²) >= 11 is 6.18. The first-order valence-electron chi connectivity index (χ1n) is 8.25. The van der Waals surface area contributed by atoms with Crippen molar-refractivity contribution < 1.29 is 9.53 Å². The third-order valence-electron chi connectivity index (χ3n) is 4.69. The van der Waals surface area contributed by atoms with E-state index in [1.807, 2.05) is 55.1 Å². The number of aryl methyl sites for hydroxylation is 2. The summed E-state index contributed by atoms with van der Waals surface area (Å²) in [4.78, 5) is 15.0. The van der Waals surface area contributed by atoms with Crippen LogP contribution in [0, 0.1) is 6.92 Å². The van der Waals surface area contributed by atoms with Gasteiger partial charge in [-0.15, -0.1) is 0 Å². The van der Waals surface area contributed by atoms with Crippen LogP contribution in [-0.4, -0.2) is 19.6 Å². The van der Waals surface area contributed by atoms with Crippen LogP contribution in [0.25, 0.3) is 0 Å². The first-order valence-corrected chi connectivity index (χ1v) is 8.63. The summed E-state index contributed by atoms with van der Waals surface area (Å²) in [6, 6.07) is 11.6. The molecule has 4 heteroatoms. The standard InChI is InChI=1S/C20H22ClNO2/c1-13-11-17(21)12-16-5-4-10-22(19(13)16)20(23)14(2)15-6-8-18(24-3)9-7-15/h6-9,11-12,14H,4-5,10H2,1-3H3. The van der Waals surface area contributed by atoms with Crippen LogP contribution in [-0.2, 0) is 11.2 Å². The SMILES string of the molecule is COc1ccc(C(C)C(=O)N2CCCc3cc(Cl)cc(C)c32)cc1. The van der Waals surface area contributed by atoms with Crippen LogP contribution in [0.4, 0.5) is 5.69 Å². The Morgan fingerprint density at radius 3 is 2.62 bits per heavy atom. The highest BCUT2D eigenvalue weighted by Gasteiger charge is 2.28. The topological polar surface area (TPSA) is 29.5 Å². The summed E-state index contributed by atoms with van der Waals surface area (Å²) in [7, 11) is 1.64. The van der Waals surface area contributed by atoms with Crippen LogP contribution in [0.3, 0.4) is 0 Å². The molecular weight excluding hydrogens is 322 g/mol. The van der Waals surface area contributed by atoms with Crippen molar-refractivity contribution in [3.8, 4) is 5.75 Å². The summed E-state index contributed by atoms with van der Waals surface area (Å²) in [5, 5.41) is 0.740. The zero-order chi connectivity index (χ0) is 17.3. The first kappa shape index (κ1) is 16.8. The van der Waals surface area contributed by atoms with Gasteiger partial charge in [0.05, 0.1) is 13.0 Å². The third-order valence-corrected chi connectivity index (χ3v) is 4.91. The van der Waals surface area contributed by atoms with E-state index in [2.05, 4.69) is 0 Å².